The first kappa shape index (κ1) is 36.1. The third-order valence-corrected chi connectivity index (χ3v) is 9.52. The van der Waals surface area contributed by atoms with Crippen LogP contribution in [0.4, 0.5) is 0 Å². The molecule has 1 fully saturated rings. The lowest BCUT2D eigenvalue weighted by Crippen LogP contribution is -2.56. The van der Waals surface area contributed by atoms with Crippen LogP contribution in [0.15, 0.2) is 18.2 Å². The molecule has 6 atom stereocenters. The number of nitrogens with one attached hydrogen (secondary N) is 1. The maximum Gasteiger partial charge on any atom is 0.220 e. The molecule has 6 N–H and O–H groups in total. The van der Waals surface area contributed by atoms with Gasteiger partial charge in [-0.25, -0.2) is 0 Å². The van der Waals surface area contributed by atoms with E-state index in [0.717, 1.165) is 0 Å². The maximum atomic E-state index is 13.9. The van der Waals surface area contributed by atoms with Crippen LogP contribution in [0.1, 0.15) is 104 Å². The average Bonchev–Trinajstić information content (AvgIpc) is 3.04. The summed E-state index contributed by atoms with van der Waals surface area (Å²) in [7, 11) is 1.30. The minimum absolute atomic E-state index is 0. The van der Waals surface area contributed by atoms with Gasteiger partial charge in [0.2, 0.25) is 11.7 Å². The van der Waals surface area contributed by atoms with Gasteiger partial charge in [-0.2, -0.15) is 0 Å². The molecule has 1 saturated heterocycles. The summed E-state index contributed by atoms with van der Waals surface area (Å²) in [4.78, 5) is 65.5. The first-order valence-electron chi connectivity index (χ1n) is 16.0. The molecule has 49 heavy (non-hydrogen) atoms. The van der Waals surface area contributed by atoms with Gasteiger partial charge in [-0.15, -0.1) is 0 Å². The summed E-state index contributed by atoms with van der Waals surface area (Å²) in [6.07, 6.45) is -6.26. The highest BCUT2D eigenvalue weighted by molar-refractivity contribution is 6.31. The van der Waals surface area contributed by atoms with E-state index in [9.17, 15) is 49.5 Å². The number of methoxy groups -OCH3 is 1. The van der Waals surface area contributed by atoms with Crippen molar-refractivity contribution in [2.45, 2.75) is 96.0 Å². The predicted molar refractivity (Wildman–Crippen MR) is 172 cm³/mol. The first-order chi connectivity index (χ1) is 22.9. The predicted octanol–water partition coefficient (Wildman–Crippen LogP) is 1.80. The van der Waals surface area contributed by atoms with Gasteiger partial charge in [0.1, 0.15) is 41.3 Å². The van der Waals surface area contributed by atoms with Crippen LogP contribution in [0.2, 0.25) is 0 Å². The highest BCUT2D eigenvalue weighted by Gasteiger charge is 2.50. The Bertz CT molecular complexity index is 1730. The quantitative estimate of drug-likeness (QED) is 0.177. The molecular formula is C35H43NO13. The molecule has 0 bridgehead atoms. The van der Waals surface area contributed by atoms with E-state index in [0.29, 0.717) is 0 Å². The number of benzene rings is 2. The summed E-state index contributed by atoms with van der Waals surface area (Å²) in [5.74, 6) is -4.67. The fourth-order valence-electron chi connectivity index (χ4n) is 6.74. The van der Waals surface area contributed by atoms with Crippen molar-refractivity contribution in [1.29, 1.82) is 0 Å². The lowest BCUT2D eigenvalue weighted by molar-refractivity contribution is -0.249. The molecule has 0 radical (unpaired) electrons. The van der Waals surface area contributed by atoms with Crippen LogP contribution in [0.25, 0.3) is 0 Å². The molecule has 1 amide bonds. The minimum Gasteiger partial charge on any atom is -0.507 e. The fraction of sp³-hybridized carbons (Fsp3) is 0.514. The number of rotatable bonds is 9. The molecule has 0 spiro atoms. The lowest BCUT2D eigenvalue weighted by atomic mass is 9.72. The van der Waals surface area contributed by atoms with Crippen LogP contribution in [0, 0.1) is 5.41 Å². The summed E-state index contributed by atoms with van der Waals surface area (Å²) in [6, 6.07) is 3.39. The van der Waals surface area contributed by atoms with Crippen LogP contribution >= 0.6 is 0 Å². The van der Waals surface area contributed by atoms with Gasteiger partial charge >= 0.3 is 0 Å². The van der Waals surface area contributed by atoms with Crippen molar-refractivity contribution in [1.82, 2.24) is 5.32 Å². The Morgan fingerprint density at radius 1 is 1.06 bits per heavy atom. The Morgan fingerprint density at radius 2 is 1.73 bits per heavy atom. The molecule has 14 nitrogen and oxygen atoms in total. The number of fused-ring (bicyclic) bond motifs is 3. The highest BCUT2D eigenvalue weighted by atomic mass is 16.7. The number of phenols is 2. The molecule has 2 aliphatic carbocycles. The maximum absolute atomic E-state index is 13.9. The highest BCUT2D eigenvalue weighted by Crippen LogP contribution is 2.52. The summed E-state index contributed by atoms with van der Waals surface area (Å²) in [5, 5.41) is 57.9. The number of amides is 1. The second-order valence-corrected chi connectivity index (χ2v) is 13.8. The Labute approximate surface area is 283 Å². The van der Waals surface area contributed by atoms with Crippen LogP contribution in [-0.2, 0) is 30.3 Å². The smallest absolute Gasteiger partial charge is 0.220 e. The van der Waals surface area contributed by atoms with Gasteiger partial charge in [0.05, 0.1) is 42.0 Å². The number of aromatic hydroxyl groups is 2. The average molecular weight is 686 g/mol. The van der Waals surface area contributed by atoms with Crippen molar-refractivity contribution in [3.63, 3.8) is 0 Å². The number of ketones is 4. The minimum atomic E-state index is -2.33. The second-order valence-electron chi connectivity index (χ2n) is 13.8. The fourth-order valence-corrected chi connectivity index (χ4v) is 6.74. The van der Waals surface area contributed by atoms with E-state index >= 15 is 0 Å². The summed E-state index contributed by atoms with van der Waals surface area (Å²) >= 11 is 0. The molecule has 3 aliphatic rings. The van der Waals surface area contributed by atoms with Crippen molar-refractivity contribution >= 4 is 29.0 Å². The molecule has 0 saturated carbocycles. The summed E-state index contributed by atoms with van der Waals surface area (Å²) in [5.41, 5.74) is -4.66. The third kappa shape index (κ3) is 6.46. The van der Waals surface area contributed by atoms with E-state index in [1.807, 2.05) is 0 Å². The van der Waals surface area contributed by atoms with Crippen LogP contribution in [-0.4, -0.2) is 98.4 Å². The van der Waals surface area contributed by atoms with E-state index in [2.05, 4.69) is 5.32 Å². The van der Waals surface area contributed by atoms with Gasteiger partial charge in [-0.3, -0.25) is 24.0 Å². The zero-order valence-electron chi connectivity index (χ0n) is 27.9. The van der Waals surface area contributed by atoms with Gasteiger partial charge in [0.15, 0.2) is 17.9 Å². The van der Waals surface area contributed by atoms with Gasteiger partial charge in [0, 0.05) is 55.6 Å². The van der Waals surface area contributed by atoms with Gasteiger partial charge in [0.25, 0.3) is 0 Å². The summed E-state index contributed by atoms with van der Waals surface area (Å²) in [6.45, 7) is 5.69. The number of Topliss-reactive ketones (excluding diaryl/α,β-unsaturated/α-hetero) is 2. The van der Waals surface area contributed by atoms with Crippen molar-refractivity contribution in [2.24, 2.45) is 5.41 Å². The molecule has 1 aliphatic heterocycles. The van der Waals surface area contributed by atoms with Crippen molar-refractivity contribution in [2.75, 3.05) is 13.7 Å². The SMILES string of the molecule is COc1cccc2c1C(=O)c1c(O)c3c(c(O)c1C2=O)C[C@@](O)(C(=O)CO)C[C@@H]3OC1C[C@H](NC(=O)CCC(=O)C(C)(C)C)[C@H](O)[C@H](C)O1.[HH]. The van der Waals surface area contributed by atoms with E-state index in [4.69, 9.17) is 14.2 Å². The second kappa shape index (κ2) is 13.2. The molecule has 14 heteroatoms. The number of hydrogen-bond acceptors (Lipinski definition) is 13. The number of hydrogen-bond donors (Lipinski definition) is 6. The number of aliphatic hydroxyl groups is 3. The van der Waals surface area contributed by atoms with Crippen molar-refractivity contribution < 1.29 is 65.1 Å². The van der Waals surface area contributed by atoms with Crippen LogP contribution < -0.4 is 10.1 Å². The van der Waals surface area contributed by atoms with Gasteiger partial charge in [-0.05, 0) is 13.0 Å². The normalized spacial score (nSPS) is 26.3. The third-order valence-electron chi connectivity index (χ3n) is 9.52. The zero-order chi connectivity index (χ0) is 36.2. The Kier molecular flexibility index (Phi) is 9.76. The van der Waals surface area contributed by atoms with Gasteiger partial charge in [-0.1, -0.05) is 32.9 Å². The molecule has 1 unspecified atom stereocenters. The Hall–Kier alpha value is -4.21. The topological polar surface area (TPSA) is 226 Å². The number of phenolic OH excluding ortho intramolecular Hbond substituents is 2. The van der Waals surface area contributed by atoms with E-state index in [1.54, 1.807) is 20.8 Å². The van der Waals surface area contributed by atoms with Crippen LogP contribution in [0.3, 0.4) is 0 Å². The van der Waals surface area contributed by atoms with Gasteiger partial charge < -0.3 is 45.1 Å². The molecule has 2 aromatic rings. The Balaban J connectivity index is 0.00000562. The summed E-state index contributed by atoms with van der Waals surface area (Å²) < 4.78 is 17.3. The van der Waals surface area contributed by atoms with E-state index < -0.39 is 107 Å². The van der Waals surface area contributed by atoms with E-state index in [-0.39, 0.29) is 54.5 Å². The number of carbonyl (C=O) groups excluding carboxylic acids is 5. The van der Waals surface area contributed by atoms with E-state index in [1.165, 1.54) is 32.2 Å². The first-order valence-corrected chi connectivity index (χ1v) is 16.0. The molecule has 266 valence electrons. The number of aliphatic hydroxyl groups excluding tert-OH is 2. The molecule has 5 rings (SSSR count). The molecule has 2 aromatic carbocycles. The lowest BCUT2D eigenvalue weighted by Gasteiger charge is -2.43. The molecule has 0 aromatic heterocycles. The molecule has 1 heterocycles. The number of carbonyl (C=O) groups is 5. The Morgan fingerprint density at radius 3 is 2.37 bits per heavy atom. The monoisotopic (exact) mass is 685 g/mol. The standard InChI is InChI=1S/C35H41NO13.H2/c1-15-29(41)18(36-23(40)10-9-21(38)34(2,3)4)11-24(48-15)49-20-13-35(46,22(39)14-37)12-17-26(20)33(45)28-27(31(17)43)30(42)16-7-6-8-19(47-5)25(16)32(28)44;/h6-8,15,18,20,24,29,37,41,43,45-46H,9-14H2,1-5H3,(H,36,40);1H/t15-,18-,20-,24?,29+,35-;/m0./s1. The largest absolute Gasteiger partial charge is 0.507 e. The van der Waals surface area contributed by atoms with Crippen molar-refractivity contribution in [3.8, 4) is 17.2 Å². The zero-order valence-corrected chi connectivity index (χ0v) is 27.9. The number of ether oxygens (including phenoxy) is 3. The van der Waals surface area contributed by atoms with Crippen molar-refractivity contribution in [3.05, 3.63) is 51.6 Å². The molecular weight excluding hydrogens is 642 g/mol. The van der Waals surface area contributed by atoms with Crippen LogP contribution in [0.5, 0.6) is 17.2 Å².